The standard InChI is InChI=1S/C17H18FN5/c1-10-6-7-21-14-8-12(11-2-4-13(18)5-3-11)9-15(16(10)14)22-23-17(19)20/h2-7,12H,8-9H2,1H3,(H4,19,20,23)/b22-15-. The van der Waals surface area contributed by atoms with Gasteiger partial charge in [-0.05, 0) is 55.0 Å². The molecule has 0 fully saturated rings. The highest BCUT2D eigenvalue weighted by atomic mass is 19.1. The number of hydrogen-bond acceptors (Lipinski definition) is 3. The van der Waals surface area contributed by atoms with Crippen LogP contribution in [0.15, 0.2) is 46.7 Å². The quantitative estimate of drug-likeness (QED) is 0.506. The monoisotopic (exact) mass is 311 g/mol. The lowest BCUT2D eigenvalue weighted by Gasteiger charge is -2.26. The van der Waals surface area contributed by atoms with Crippen molar-refractivity contribution in [1.82, 2.24) is 4.98 Å². The van der Waals surface area contributed by atoms with E-state index in [9.17, 15) is 4.39 Å². The number of aromatic nitrogens is 1. The molecule has 1 heterocycles. The SMILES string of the molecule is Cc1ccnc2c1/C(=N\N=C(N)N)CC(c1ccc(F)cc1)C2. The number of nitrogens with zero attached hydrogens (tertiary/aromatic N) is 3. The summed E-state index contributed by atoms with van der Waals surface area (Å²) < 4.78 is 13.2. The smallest absolute Gasteiger partial charge is 0.211 e. The van der Waals surface area contributed by atoms with Gasteiger partial charge in [-0.3, -0.25) is 4.98 Å². The first kappa shape index (κ1) is 15.1. The topological polar surface area (TPSA) is 89.6 Å². The molecule has 0 spiro atoms. The summed E-state index contributed by atoms with van der Waals surface area (Å²) >= 11 is 0. The van der Waals surface area contributed by atoms with Crippen LogP contribution in [-0.2, 0) is 6.42 Å². The van der Waals surface area contributed by atoms with E-state index < -0.39 is 0 Å². The molecule has 4 N–H and O–H groups in total. The molecule has 0 bridgehead atoms. The van der Waals surface area contributed by atoms with Crippen molar-refractivity contribution in [2.24, 2.45) is 21.7 Å². The summed E-state index contributed by atoms with van der Waals surface area (Å²) in [4.78, 5) is 4.48. The summed E-state index contributed by atoms with van der Waals surface area (Å²) in [7, 11) is 0. The first-order valence-electron chi connectivity index (χ1n) is 7.40. The van der Waals surface area contributed by atoms with E-state index in [4.69, 9.17) is 11.5 Å². The first-order chi connectivity index (χ1) is 11.0. The molecule has 1 unspecified atom stereocenters. The van der Waals surface area contributed by atoms with E-state index in [0.29, 0.717) is 6.42 Å². The van der Waals surface area contributed by atoms with Gasteiger partial charge in [-0.2, -0.15) is 5.10 Å². The molecule has 2 aromatic rings. The van der Waals surface area contributed by atoms with E-state index in [1.165, 1.54) is 12.1 Å². The zero-order valence-electron chi connectivity index (χ0n) is 12.8. The van der Waals surface area contributed by atoms with Crippen molar-refractivity contribution in [2.75, 3.05) is 0 Å². The van der Waals surface area contributed by atoms with Gasteiger partial charge in [0.05, 0.1) is 11.4 Å². The third kappa shape index (κ3) is 3.21. The number of nitrogens with two attached hydrogens (primary N) is 2. The molecule has 0 amide bonds. The van der Waals surface area contributed by atoms with Crippen LogP contribution in [-0.4, -0.2) is 16.7 Å². The molecule has 1 aliphatic carbocycles. The lowest BCUT2D eigenvalue weighted by molar-refractivity contribution is 0.622. The fourth-order valence-electron chi connectivity index (χ4n) is 2.98. The van der Waals surface area contributed by atoms with Gasteiger partial charge < -0.3 is 11.5 Å². The summed E-state index contributed by atoms with van der Waals surface area (Å²) in [5.41, 5.74) is 15.7. The third-order valence-corrected chi connectivity index (χ3v) is 4.03. The van der Waals surface area contributed by atoms with Crippen LogP contribution in [0.3, 0.4) is 0 Å². The fraction of sp³-hybridized carbons (Fsp3) is 0.235. The molecular weight excluding hydrogens is 293 g/mol. The lowest BCUT2D eigenvalue weighted by atomic mass is 9.80. The van der Waals surface area contributed by atoms with Crippen molar-refractivity contribution < 1.29 is 4.39 Å². The summed E-state index contributed by atoms with van der Waals surface area (Å²) in [6.07, 6.45) is 3.25. The Morgan fingerprint density at radius 1 is 1.17 bits per heavy atom. The largest absolute Gasteiger partial charge is 0.369 e. The molecule has 5 nitrogen and oxygen atoms in total. The normalized spacial score (nSPS) is 18.5. The highest BCUT2D eigenvalue weighted by Gasteiger charge is 2.27. The van der Waals surface area contributed by atoms with Crippen LogP contribution >= 0.6 is 0 Å². The van der Waals surface area contributed by atoms with Gasteiger partial charge in [0.1, 0.15) is 5.82 Å². The van der Waals surface area contributed by atoms with Crippen molar-refractivity contribution >= 4 is 11.7 Å². The molecule has 23 heavy (non-hydrogen) atoms. The second-order valence-corrected chi connectivity index (χ2v) is 5.68. The van der Waals surface area contributed by atoms with E-state index in [-0.39, 0.29) is 17.7 Å². The number of guanidine groups is 1. The second-order valence-electron chi connectivity index (χ2n) is 5.68. The van der Waals surface area contributed by atoms with Crippen LogP contribution in [0.1, 0.15) is 34.7 Å². The van der Waals surface area contributed by atoms with E-state index in [0.717, 1.165) is 34.5 Å². The maximum atomic E-state index is 13.2. The minimum absolute atomic E-state index is 0.0792. The number of benzene rings is 1. The number of fused-ring (bicyclic) bond motifs is 1. The predicted molar refractivity (Wildman–Crippen MR) is 88.8 cm³/mol. The number of hydrogen-bond donors (Lipinski definition) is 2. The summed E-state index contributed by atoms with van der Waals surface area (Å²) in [6.45, 7) is 2.02. The van der Waals surface area contributed by atoms with Crippen molar-refractivity contribution in [3.63, 3.8) is 0 Å². The number of rotatable bonds is 2. The Labute approximate surface area is 133 Å². The Morgan fingerprint density at radius 3 is 2.61 bits per heavy atom. The molecule has 118 valence electrons. The van der Waals surface area contributed by atoms with Crippen LogP contribution in [0.25, 0.3) is 0 Å². The first-order valence-corrected chi connectivity index (χ1v) is 7.40. The van der Waals surface area contributed by atoms with Gasteiger partial charge in [-0.25, -0.2) is 4.39 Å². The van der Waals surface area contributed by atoms with Gasteiger partial charge in [0.2, 0.25) is 5.96 Å². The molecule has 1 aliphatic rings. The summed E-state index contributed by atoms with van der Waals surface area (Å²) in [5, 5.41) is 8.02. The van der Waals surface area contributed by atoms with Gasteiger partial charge in [-0.15, -0.1) is 5.10 Å². The second kappa shape index (κ2) is 6.16. The fourth-order valence-corrected chi connectivity index (χ4v) is 2.98. The Hall–Kier alpha value is -2.76. The van der Waals surface area contributed by atoms with Crippen molar-refractivity contribution in [2.45, 2.75) is 25.7 Å². The van der Waals surface area contributed by atoms with E-state index in [1.807, 2.05) is 13.0 Å². The molecule has 1 atom stereocenters. The number of aryl methyl sites for hydroxylation is 1. The summed E-state index contributed by atoms with van der Waals surface area (Å²) in [5.74, 6) is -0.150. The van der Waals surface area contributed by atoms with Gasteiger partial charge in [0.15, 0.2) is 0 Å². The molecule has 0 radical (unpaired) electrons. The Bertz CT molecular complexity index is 776. The minimum atomic E-state index is -0.242. The summed E-state index contributed by atoms with van der Waals surface area (Å²) in [6, 6.07) is 8.50. The van der Waals surface area contributed by atoms with Crippen molar-refractivity contribution in [3.8, 4) is 0 Å². The van der Waals surface area contributed by atoms with Crippen LogP contribution in [0.4, 0.5) is 4.39 Å². The molecule has 0 saturated carbocycles. The van der Waals surface area contributed by atoms with Gasteiger partial charge in [-0.1, -0.05) is 12.1 Å². The molecule has 1 aromatic carbocycles. The minimum Gasteiger partial charge on any atom is -0.369 e. The lowest BCUT2D eigenvalue weighted by Crippen LogP contribution is -2.24. The maximum absolute atomic E-state index is 13.2. The molecule has 3 rings (SSSR count). The molecule has 6 heteroatoms. The van der Waals surface area contributed by atoms with Crippen LogP contribution in [0, 0.1) is 12.7 Å². The zero-order valence-corrected chi connectivity index (χ0v) is 12.8. The van der Waals surface area contributed by atoms with Crippen LogP contribution in [0.2, 0.25) is 0 Å². The van der Waals surface area contributed by atoms with Crippen molar-refractivity contribution in [1.29, 1.82) is 0 Å². The zero-order chi connectivity index (χ0) is 16.4. The third-order valence-electron chi connectivity index (χ3n) is 4.03. The van der Waals surface area contributed by atoms with Gasteiger partial charge in [0.25, 0.3) is 0 Å². The maximum Gasteiger partial charge on any atom is 0.211 e. The highest BCUT2D eigenvalue weighted by molar-refractivity contribution is 6.04. The van der Waals surface area contributed by atoms with Crippen molar-refractivity contribution in [3.05, 3.63) is 64.7 Å². The molecule has 1 aromatic heterocycles. The van der Waals surface area contributed by atoms with Crippen LogP contribution < -0.4 is 11.5 Å². The van der Waals surface area contributed by atoms with E-state index >= 15 is 0 Å². The van der Waals surface area contributed by atoms with Crippen LogP contribution in [0.5, 0.6) is 0 Å². The predicted octanol–water partition coefficient (Wildman–Crippen LogP) is 2.24. The molecule has 0 aliphatic heterocycles. The number of pyridine rings is 1. The average molecular weight is 311 g/mol. The average Bonchev–Trinajstić information content (AvgIpc) is 2.53. The van der Waals surface area contributed by atoms with Gasteiger partial charge in [0, 0.05) is 11.8 Å². The highest BCUT2D eigenvalue weighted by Crippen LogP contribution is 2.33. The van der Waals surface area contributed by atoms with Gasteiger partial charge >= 0.3 is 0 Å². The molecule has 0 saturated heterocycles. The Kier molecular flexibility index (Phi) is 4.06. The molecular formula is C17H18FN5. The van der Waals surface area contributed by atoms with E-state index in [1.54, 1.807) is 18.3 Å². The Balaban J connectivity index is 2.04. The van der Waals surface area contributed by atoms with E-state index in [2.05, 4.69) is 15.2 Å². The Morgan fingerprint density at radius 2 is 1.91 bits per heavy atom. The number of halogens is 1.